The largest absolute Gasteiger partial charge is 0.457 e. The minimum Gasteiger partial charge on any atom is -0.457 e. The van der Waals surface area contributed by atoms with Gasteiger partial charge in [0.25, 0.3) is 0 Å². The van der Waals surface area contributed by atoms with E-state index in [2.05, 4.69) is 10.3 Å². The second-order valence-electron chi connectivity index (χ2n) is 8.01. The lowest BCUT2D eigenvalue weighted by Gasteiger charge is -2.18. The van der Waals surface area contributed by atoms with Crippen molar-refractivity contribution >= 4 is 28.7 Å². The van der Waals surface area contributed by atoms with Crippen LogP contribution in [0.3, 0.4) is 0 Å². The van der Waals surface area contributed by atoms with Crippen molar-refractivity contribution in [3.05, 3.63) is 95.7 Å². The number of aromatic nitrogens is 1. The molecule has 0 bridgehead atoms. The van der Waals surface area contributed by atoms with Crippen LogP contribution in [0.25, 0.3) is 10.9 Å². The van der Waals surface area contributed by atoms with Crippen molar-refractivity contribution in [2.75, 3.05) is 6.61 Å². The Hall–Kier alpha value is -4.59. The molecule has 1 heterocycles. The summed E-state index contributed by atoms with van der Waals surface area (Å²) >= 11 is 0. The number of ether oxygens (including phenoxy) is 2. The van der Waals surface area contributed by atoms with Crippen LogP contribution < -0.4 is 15.8 Å². The number of carbonyl (C=O) groups is 3. The lowest BCUT2D eigenvalue weighted by Crippen LogP contribution is -2.34. The van der Waals surface area contributed by atoms with E-state index >= 15 is 0 Å². The third-order valence-electron chi connectivity index (χ3n) is 5.46. The molecular weight excluding hydrogens is 446 g/mol. The maximum absolute atomic E-state index is 12.8. The lowest BCUT2D eigenvalue weighted by molar-refractivity contribution is -0.143. The van der Waals surface area contributed by atoms with E-state index in [-0.39, 0.29) is 12.2 Å². The number of aryl methyl sites for hydroxylation is 1. The van der Waals surface area contributed by atoms with Gasteiger partial charge >= 0.3 is 12.0 Å². The molecule has 1 atom stereocenters. The summed E-state index contributed by atoms with van der Waals surface area (Å²) in [5, 5.41) is 3.33. The van der Waals surface area contributed by atoms with Crippen molar-refractivity contribution in [3.8, 4) is 11.5 Å². The number of para-hydroxylation sites is 2. The minimum atomic E-state index is -0.789. The van der Waals surface area contributed by atoms with Crippen LogP contribution in [-0.2, 0) is 9.53 Å². The van der Waals surface area contributed by atoms with Gasteiger partial charge in [-0.1, -0.05) is 48.5 Å². The number of nitrogens with two attached hydrogens (primary N) is 1. The second-order valence-corrected chi connectivity index (χ2v) is 8.01. The Labute approximate surface area is 202 Å². The van der Waals surface area contributed by atoms with Crippen molar-refractivity contribution in [3.63, 3.8) is 0 Å². The maximum Gasteiger partial charge on any atom is 0.312 e. The first-order chi connectivity index (χ1) is 16.9. The van der Waals surface area contributed by atoms with Gasteiger partial charge in [0, 0.05) is 22.2 Å². The predicted octanol–water partition coefficient (Wildman–Crippen LogP) is 4.79. The van der Waals surface area contributed by atoms with Gasteiger partial charge in [-0.15, -0.1) is 0 Å². The van der Waals surface area contributed by atoms with Gasteiger partial charge in [0.15, 0.2) is 6.61 Å². The number of Topliss-reactive ketones (excluding diaryl/α,β-unsaturated/α-hetero) is 1. The number of urea groups is 1. The predicted molar refractivity (Wildman–Crippen MR) is 131 cm³/mol. The van der Waals surface area contributed by atoms with Crippen molar-refractivity contribution < 1.29 is 23.9 Å². The number of esters is 1. The normalized spacial score (nSPS) is 11.6. The monoisotopic (exact) mass is 471 g/mol. The molecule has 0 aliphatic rings. The molecule has 1 aromatic heterocycles. The van der Waals surface area contributed by atoms with Gasteiger partial charge < -0.3 is 25.5 Å². The van der Waals surface area contributed by atoms with Gasteiger partial charge in [0.2, 0.25) is 5.78 Å². The van der Waals surface area contributed by atoms with E-state index in [0.717, 1.165) is 10.9 Å². The van der Waals surface area contributed by atoms with Gasteiger partial charge in [0.05, 0.1) is 12.5 Å². The van der Waals surface area contributed by atoms with Gasteiger partial charge in [-0.25, -0.2) is 4.79 Å². The van der Waals surface area contributed by atoms with Crippen LogP contribution in [0.2, 0.25) is 0 Å². The van der Waals surface area contributed by atoms with Gasteiger partial charge in [0.1, 0.15) is 11.5 Å². The number of aromatic amines is 1. The van der Waals surface area contributed by atoms with E-state index in [4.69, 9.17) is 15.2 Å². The zero-order chi connectivity index (χ0) is 24.8. The molecule has 0 aliphatic heterocycles. The number of amides is 2. The molecule has 0 unspecified atom stereocenters. The number of fused-ring (bicyclic) bond motifs is 1. The smallest absolute Gasteiger partial charge is 0.312 e. The summed E-state index contributed by atoms with van der Waals surface area (Å²) in [5.74, 6) is 0.216. The van der Waals surface area contributed by atoms with Crippen molar-refractivity contribution in [1.29, 1.82) is 0 Å². The molecule has 0 saturated heterocycles. The van der Waals surface area contributed by atoms with Crippen LogP contribution in [0.15, 0.2) is 78.9 Å². The molecule has 4 aromatic rings. The average molecular weight is 472 g/mol. The first kappa shape index (κ1) is 23.6. The fourth-order valence-corrected chi connectivity index (χ4v) is 3.92. The third kappa shape index (κ3) is 5.86. The topological polar surface area (TPSA) is 124 Å². The number of primary amides is 1. The van der Waals surface area contributed by atoms with Gasteiger partial charge in [-0.2, -0.15) is 0 Å². The van der Waals surface area contributed by atoms with Crippen LogP contribution in [0.5, 0.6) is 11.5 Å². The number of hydrogen-bond donors (Lipinski definition) is 3. The number of carbonyl (C=O) groups excluding carboxylic acids is 3. The van der Waals surface area contributed by atoms with Crippen molar-refractivity contribution in [1.82, 2.24) is 10.3 Å². The summed E-state index contributed by atoms with van der Waals surface area (Å²) in [6, 6.07) is 22.1. The first-order valence-corrected chi connectivity index (χ1v) is 11.1. The van der Waals surface area contributed by atoms with E-state index in [1.165, 1.54) is 0 Å². The number of H-pyrrole nitrogens is 1. The Balaban J connectivity index is 1.43. The van der Waals surface area contributed by atoms with E-state index < -0.39 is 24.6 Å². The molecule has 3 aromatic carbocycles. The quantitative estimate of drug-likeness (QED) is 0.239. The number of ketones is 1. The zero-order valence-corrected chi connectivity index (χ0v) is 19.1. The summed E-state index contributed by atoms with van der Waals surface area (Å²) < 4.78 is 11.1. The molecular formula is C27H25N3O5. The Kier molecular flexibility index (Phi) is 7.11. The van der Waals surface area contributed by atoms with E-state index in [0.29, 0.717) is 28.3 Å². The van der Waals surface area contributed by atoms with E-state index in [1.807, 2.05) is 54.6 Å². The molecule has 0 fully saturated rings. The Morgan fingerprint density at radius 1 is 0.943 bits per heavy atom. The molecule has 0 radical (unpaired) electrons. The molecule has 0 spiro atoms. The highest BCUT2D eigenvalue weighted by Gasteiger charge is 2.22. The first-order valence-electron chi connectivity index (χ1n) is 11.1. The summed E-state index contributed by atoms with van der Waals surface area (Å²) in [5.41, 5.74) is 7.97. The fourth-order valence-electron chi connectivity index (χ4n) is 3.92. The molecule has 4 rings (SSSR count). The Morgan fingerprint density at radius 2 is 1.66 bits per heavy atom. The molecule has 2 amide bonds. The highest BCUT2D eigenvalue weighted by Crippen LogP contribution is 2.26. The minimum absolute atomic E-state index is 0.210. The second kappa shape index (κ2) is 10.6. The van der Waals surface area contributed by atoms with Crippen LogP contribution in [0.4, 0.5) is 4.79 Å². The number of hydrogen-bond acceptors (Lipinski definition) is 5. The summed E-state index contributed by atoms with van der Waals surface area (Å²) in [4.78, 5) is 40.1. The van der Waals surface area contributed by atoms with Gasteiger partial charge in [-0.05, 0) is 42.8 Å². The van der Waals surface area contributed by atoms with Crippen LogP contribution in [-0.4, -0.2) is 29.4 Å². The van der Waals surface area contributed by atoms with Gasteiger partial charge in [-0.3, -0.25) is 9.59 Å². The molecule has 35 heavy (non-hydrogen) atoms. The molecule has 0 aliphatic carbocycles. The average Bonchev–Trinajstić information content (AvgIpc) is 3.18. The van der Waals surface area contributed by atoms with E-state index in [9.17, 15) is 14.4 Å². The summed E-state index contributed by atoms with van der Waals surface area (Å²) in [7, 11) is 0. The van der Waals surface area contributed by atoms with Crippen LogP contribution >= 0.6 is 0 Å². The van der Waals surface area contributed by atoms with Crippen LogP contribution in [0, 0.1) is 6.92 Å². The molecule has 4 N–H and O–H groups in total. The van der Waals surface area contributed by atoms with Crippen LogP contribution in [0.1, 0.15) is 34.1 Å². The maximum atomic E-state index is 12.8. The molecule has 8 heteroatoms. The number of rotatable bonds is 9. The zero-order valence-electron chi connectivity index (χ0n) is 19.1. The molecule has 0 saturated carbocycles. The third-order valence-corrected chi connectivity index (χ3v) is 5.46. The van der Waals surface area contributed by atoms with Crippen molar-refractivity contribution in [2.24, 2.45) is 5.73 Å². The highest BCUT2D eigenvalue weighted by atomic mass is 16.5. The SMILES string of the molecule is Cc1[nH]c2ccccc2c1C(=O)COC(=O)C[C@H](NC(N)=O)c1cccc(Oc2ccccc2)c1. The Bertz CT molecular complexity index is 1360. The number of benzene rings is 3. The summed E-state index contributed by atoms with van der Waals surface area (Å²) in [6.45, 7) is 1.38. The Morgan fingerprint density at radius 3 is 2.43 bits per heavy atom. The van der Waals surface area contributed by atoms with Crippen molar-refractivity contribution in [2.45, 2.75) is 19.4 Å². The summed E-state index contributed by atoms with van der Waals surface area (Å²) in [6.07, 6.45) is -0.210. The fraction of sp³-hybridized carbons (Fsp3) is 0.148. The molecule has 8 nitrogen and oxygen atoms in total. The molecule has 178 valence electrons. The van der Waals surface area contributed by atoms with E-state index in [1.54, 1.807) is 31.2 Å². The number of nitrogens with one attached hydrogen (secondary N) is 2. The highest BCUT2D eigenvalue weighted by molar-refractivity contribution is 6.10. The standard InChI is InChI=1S/C27H25N3O5/c1-17-26(21-12-5-6-13-22(21)29-17)24(31)16-34-25(32)15-23(30-27(28)33)18-8-7-11-20(14-18)35-19-9-3-2-4-10-19/h2-14,23,29H,15-16H2,1H3,(H3,28,30,33)/t23-/m0/s1. The lowest BCUT2D eigenvalue weighted by atomic mass is 10.0.